The van der Waals surface area contributed by atoms with Gasteiger partial charge < -0.3 is 14.7 Å². The summed E-state index contributed by atoms with van der Waals surface area (Å²) in [7, 11) is 0. The Morgan fingerprint density at radius 1 is 1.61 bits per heavy atom. The summed E-state index contributed by atoms with van der Waals surface area (Å²) in [4.78, 5) is 13.0. The van der Waals surface area contributed by atoms with Gasteiger partial charge in [0.25, 0.3) is 0 Å². The van der Waals surface area contributed by atoms with Crippen LogP contribution in [0.4, 0.5) is 5.69 Å². The molecule has 1 heterocycles. The second-order valence-electron chi connectivity index (χ2n) is 4.32. The minimum absolute atomic E-state index is 0.212. The molecule has 1 N–H and O–H groups in total. The van der Waals surface area contributed by atoms with Crippen LogP contribution in [0.2, 0.25) is 5.02 Å². The number of halogens is 1. The lowest BCUT2D eigenvalue weighted by Crippen LogP contribution is -2.42. The first-order valence-corrected chi connectivity index (χ1v) is 6.39. The second kappa shape index (κ2) is 5.59. The van der Waals surface area contributed by atoms with Crippen LogP contribution < -0.4 is 4.90 Å². The normalized spacial score (nSPS) is 19.9. The molecular weight excluding hydrogens is 254 g/mol. The van der Waals surface area contributed by atoms with Crippen LogP contribution in [-0.2, 0) is 4.74 Å². The molecule has 1 aromatic carbocycles. The highest BCUT2D eigenvalue weighted by atomic mass is 35.5. The highest BCUT2D eigenvalue weighted by Gasteiger charge is 2.21. The fraction of sp³-hybridized carbons (Fsp3) is 0.462. The minimum atomic E-state index is -0.961. The molecule has 2 rings (SSSR count). The molecule has 18 heavy (non-hydrogen) atoms. The number of benzene rings is 1. The van der Waals surface area contributed by atoms with Crippen LogP contribution in [0.3, 0.4) is 0 Å². The molecule has 1 aromatic rings. The number of carbonyl (C=O) groups is 1. The molecule has 0 amide bonds. The van der Waals surface area contributed by atoms with Crippen molar-refractivity contribution in [2.24, 2.45) is 0 Å². The third-order valence-corrected chi connectivity index (χ3v) is 3.43. The van der Waals surface area contributed by atoms with E-state index in [0.29, 0.717) is 11.6 Å². The number of aromatic carboxylic acids is 1. The standard InChI is InChI=1S/C13H16ClNO3/c1-2-10-8-15(5-6-18-10)12-4-3-9(13(16)17)7-11(12)14/h3-4,7,10H,2,5-6,8H2,1H3,(H,16,17). The van der Waals surface area contributed by atoms with Gasteiger partial charge in [-0.05, 0) is 24.6 Å². The van der Waals surface area contributed by atoms with E-state index < -0.39 is 5.97 Å². The molecule has 0 aromatic heterocycles. The Kier molecular flexibility index (Phi) is 4.09. The van der Waals surface area contributed by atoms with E-state index >= 15 is 0 Å². The van der Waals surface area contributed by atoms with Gasteiger partial charge in [0.1, 0.15) is 0 Å². The Labute approximate surface area is 111 Å². The van der Waals surface area contributed by atoms with Crippen LogP contribution in [0.25, 0.3) is 0 Å². The zero-order chi connectivity index (χ0) is 13.1. The van der Waals surface area contributed by atoms with Crippen LogP contribution in [0.5, 0.6) is 0 Å². The van der Waals surface area contributed by atoms with Gasteiger partial charge in [0.05, 0.1) is 29.0 Å². The molecular formula is C13H16ClNO3. The number of hydrogen-bond acceptors (Lipinski definition) is 3. The summed E-state index contributed by atoms with van der Waals surface area (Å²) < 4.78 is 5.60. The summed E-state index contributed by atoms with van der Waals surface area (Å²) in [5, 5.41) is 9.38. The smallest absolute Gasteiger partial charge is 0.335 e. The van der Waals surface area contributed by atoms with Gasteiger partial charge in [0.15, 0.2) is 0 Å². The molecule has 1 aliphatic heterocycles. The zero-order valence-electron chi connectivity index (χ0n) is 10.2. The highest BCUT2D eigenvalue weighted by molar-refractivity contribution is 6.33. The van der Waals surface area contributed by atoms with Crippen molar-refractivity contribution in [1.82, 2.24) is 0 Å². The van der Waals surface area contributed by atoms with Crippen molar-refractivity contribution in [2.45, 2.75) is 19.4 Å². The lowest BCUT2D eigenvalue weighted by molar-refractivity contribution is 0.0384. The fourth-order valence-corrected chi connectivity index (χ4v) is 2.38. The monoisotopic (exact) mass is 269 g/mol. The quantitative estimate of drug-likeness (QED) is 0.917. The van der Waals surface area contributed by atoms with Gasteiger partial charge in [-0.2, -0.15) is 0 Å². The van der Waals surface area contributed by atoms with Crippen LogP contribution >= 0.6 is 11.6 Å². The van der Waals surface area contributed by atoms with Gasteiger partial charge in [-0.25, -0.2) is 4.79 Å². The number of ether oxygens (including phenoxy) is 1. The Morgan fingerprint density at radius 2 is 2.39 bits per heavy atom. The summed E-state index contributed by atoms with van der Waals surface area (Å²) in [6, 6.07) is 4.85. The minimum Gasteiger partial charge on any atom is -0.478 e. The predicted molar refractivity (Wildman–Crippen MR) is 70.7 cm³/mol. The summed E-state index contributed by atoms with van der Waals surface area (Å²) in [6.45, 7) is 4.34. The molecule has 4 nitrogen and oxygen atoms in total. The number of hydrogen-bond donors (Lipinski definition) is 1. The maximum Gasteiger partial charge on any atom is 0.335 e. The lowest BCUT2D eigenvalue weighted by atomic mass is 10.1. The molecule has 0 spiro atoms. The molecule has 5 heteroatoms. The largest absolute Gasteiger partial charge is 0.478 e. The van der Waals surface area contributed by atoms with Crippen molar-refractivity contribution in [2.75, 3.05) is 24.6 Å². The van der Waals surface area contributed by atoms with Gasteiger partial charge >= 0.3 is 5.97 Å². The van der Waals surface area contributed by atoms with Crippen LogP contribution in [0.1, 0.15) is 23.7 Å². The third-order valence-electron chi connectivity index (χ3n) is 3.13. The van der Waals surface area contributed by atoms with Gasteiger partial charge in [-0.3, -0.25) is 0 Å². The van der Waals surface area contributed by atoms with Crippen molar-refractivity contribution in [3.63, 3.8) is 0 Å². The maximum atomic E-state index is 10.8. The first kappa shape index (κ1) is 13.2. The molecule has 1 unspecified atom stereocenters. The topological polar surface area (TPSA) is 49.8 Å². The number of morpholine rings is 1. The van der Waals surface area contributed by atoms with Crippen molar-refractivity contribution in [3.05, 3.63) is 28.8 Å². The maximum absolute atomic E-state index is 10.8. The van der Waals surface area contributed by atoms with Crippen molar-refractivity contribution < 1.29 is 14.6 Å². The third kappa shape index (κ3) is 2.76. The Bertz CT molecular complexity index is 450. The molecule has 0 bridgehead atoms. The van der Waals surface area contributed by atoms with E-state index in [9.17, 15) is 4.79 Å². The fourth-order valence-electron chi connectivity index (χ4n) is 2.08. The number of rotatable bonds is 3. The van der Waals surface area contributed by atoms with E-state index in [1.807, 2.05) is 0 Å². The van der Waals surface area contributed by atoms with Crippen molar-refractivity contribution >= 4 is 23.3 Å². The summed E-state index contributed by atoms with van der Waals surface area (Å²) in [5.74, 6) is -0.961. The first-order valence-electron chi connectivity index (χ1n) is 6.01. The Morgan fingerprint density at radius 3 is 3.00 bits per heavy atom. The van der Waals surface area contributed by atoms with Crippen LogP contribution in [-0.4, -0.2) is 36.9 Å². The molecule has 1 fully saturated rings. The molecule has 98 valence electrons. The van der Waals surface area contributed by atoms with Crippen molar-refractivity contribution in [3.8, 4) is 0 Å². The number of anilines is 1. The Balaban J connectivity index is 2.20. The lowest BCUT2D eigenvalue weighted by Gasteiger charge is -2.34. The molecule has 0 saturated carbocycles. The van der Waals surface area contributed by atoms with E-state index in [2.05, 4.69) is 11.8 Å². The van der Waals surface area contributed by atoms with E-state index in [1.165, 1.54) is 6.07 Å². The van der Waals surface area contributed by atoms with Gasteiger partial charge in [-0.1, -0.05) is 18.5 Å². The summed E-state index contributed by atoms with van der Waals surface area (Å²) in [5.41, 5.74) is 1.09. The average Bonchev–Trinajstić information content (AvgIpc) is 2.38. The first-order chi connectivity index (χ1) is 8.61. The number of carboxylic acid groups (broad SMARTS) is 1. The molecule has 0 radical (unpaired) electrons. The summed E-state index contributed by atoms with van der Waals surface area (Å²) in [6.07, 6.45) is 1.18. The zero-order valence-corrected chi connectivity index (χ0v) is 11.0. The molecule has 1 saturated heterocycles. The van der Waals surface area contributed by atoms with E-state index in [-0.39, 0.29) is 11.7 Å². The number of nitrogens with zero attached hydrogens (tertiary/aromatic N) is 1. The number of carboxylic acids is 1. The molecule has 0 aliphatic carbocycles. The van der Waals surface area contributed by atoms with Crippen molar-refractivity contribution in [1.29, 1.82) is 0 Å². The second-order valence-corrected chi connectivity index (χ2v) is 4.73. The highest BCUT2D eigenvalue weighted by Crippen LogP contribution is 2.28. The van der Waals surface area contributed by atoms with Gasteiger partial charge in [-0.15, -0.1) is 0 Å². The van der Waals surface area contributed by atoms with E-state index in [1.54, 1.807) is 12.1 Å². The van der Waals surface area contributed by atoms with E-state index in [4.69, 9.17) is 21.4 Å². The molecule has 1 aliphatic rings. The SMILES string of the molecule is CCC1CN(c2ccc(C(=O)O)cc2Cl)CCO1. The van der Waals surface area contributed by atoms with E-state index in [0.717, 1.165) is 25.2 Å². The van der Waals surface area contributed by atoms with Crippen LogP contribution in [0, 0.1) is 0 Å². The van der Waals surface area contributed by atoms with Gasteiger partial charge in [0, 0.05) is 13.1 Å². The Hall–Kier alpha value is -1.26. The molecule has 1 atom stereocenters. The van der Waals surface area contributed by atoms with Gasteiger partial charge in [0.2, 0.25) is 0 Å². The van der Waals surface area contributed by atoms with Crippen LogP contribution in [0.15, 0.2) is 18.2 Å². The summed E-state index contributed by atoms with van der Waals surface area (Å²) >= 11 is 6.15. The average molecular weight is 270 g/mol. The predicted octanol–water partition coefficient (Wildman–Crippen LogP) is 2.65.